The molecule has 0 bridgehead atoms. The number of hydrogen-bond donors (Lipinski definition) is 3. The highest BCUT2D eigenvalue weighted by Crippen LogP contribution is 2.50. The molecule has 0 aromatic heterocycles. The van der Waals surface area contributed by atoms with Crippen LogP contribution in [0.5, 0.6) is 0 Å². The highest BCUT2D eigenvalue weighted by molar-refractivity contribution is 14.1. The standard InChI is InChI=1S/C29H29I3N2O9S3/c1-28(2)23(33(4)22-15-20(30)26(31)27(32)25(22)28)10-8-6-5-7-9-11-24-29(3,16-44(35,36)37)19-14-18(46(41,42)43)12-13-21(19)34(24)17-45(38,39)40/h5-15H,16-17H2,1-4H3,(H2-,35,36,37,38,39,40,41,42,43)/p+1. The smallest absolute Gasteiger partial charge is 0.294 e. The summed E-state index contributed by atoms with van der Waals surface area (Å²) in [5.41, 5.74) is 1.75. The summed E-state index contributed by atoms with van der Waals surface area (Å²) in [4.78, 5) is 0.565. The molecule has 1 atom stereocenters. The van der Waals surface area contributed by atoms with E-state index in [9.17, 15) is 38.9 Å². The van der Waals surface area contributed by atoms with Gasteiger partial charge in [-0.3, -0.25) is 13.7 Å². The van der Waals surface area contributed by atoms with E-state index in [1.165, 1.54) is 41.4 Å². The molecule has 2 aromatic carbocycles. The number of halogens is 3. The third-order valence-corrected chi connectivity index (χ3v) is 15.3. The lowest BCUT2D eigenvalue weighted by atomic mass is 9.81. The van der Waals surface area contributed by atoms with Crippen molar-refractivity contribution in [2.24, 2.45) is 0 Å². The Kier molecular flexibility index (Phi) is 10.8. The van der Waals surface area contributed by atoms with Gasteiger partial charge in [0, 0.05) is 34.2 Å². The fraction of sp³-hybridized carbons (Fsp3) is 0.276. The van der Waals surface area contributed by atoms with Gasteiger partial charge in [-0.2, -0.15) is 29.8 Å². The van der Waals surface area contributed by atoms with Gasteiger partial charge in [0.2, 0.25) is 5.69 Å². The Morgan fingerprint density at radius 1 is 0.848 bits per heavy atom. The van der Waals surface area contributed by atoms with E-state index in [1.807, 2.05) is 19.2 Å². The average Bonchev–Trinajstić information content (AvgIpc) is 3.22. The predicted octanol–water partition coefficient (Wildman–Crippen LogP) is 5.82. The van der Waals surface area contributed by atoms with Crippen LogP contribution in [-0.2, 0) is 41.2 Å². The molecule has 2 aliphatic rings. The molecule has 2 aliphatic heterocycles. The lowest BCUT2D eigenvalue weighted by molar-refractivity contribution is -0.401. The Labute approximate surface area is 309 Å². The highest BCUT2D eigenvalue weighted by atomic mass is 127. The first-order valence-electron chi connectivity index (χ1n) is 13.3. The van der Waals surface area contributed by atoms with Gasteiger partial charge in [-0.05, 0) is 118 Å². The maximum Gasteiger partial charge on any atom is 0.294 e. The Balaban J connectivity index is 1.69. The molecule has 4 rings (SSSR count). The summed E-state index contributed by atoms with van der Waals surface area (Å²) in [6.07, 6.45) is 12.0. The maximum atomic E-state index is 12.1. The van der Waals surface area contributed by atoms with E-state index in [4.69, 9.17) is 0 Å². The van der Waals surface area contributed by atoms with Gasteiger partial charge < -0.3 is 4.90 Å². The molecular formula is C29H30I3N2O9S3+. The van der Waals surface area contributed by atoms with Crippen molar-refractivity contribution < 1.29 is 43.5 Å². The minimum atomic E-state index is -4.71. The number of allylic oxidation sites excluding steroid dienone is 8. The molecule has 3 N–H and O–H groups in total. The minimum absolute atomic E-state index is 0.0161. The van der Waals surface area contributed by atoms with Crippen molar-refractivity contribution in [2.45, 2.75) is 36.5 Å². The SMILES string of the molecule is C[N+]1=C(/C=C/C=C/C=C/C=C2\N(CS(=O)(=O)O)c3ccc(S(=O)(=O)O)cc3C2(C)CS(=O)(=O)O)C(C)(C)c2c1cc(I)c(I)c2I. The number of anilines is 1. The van der Waals surface area contributed by atoms with Gasteiger partial charge >= 0.3 is 0 Å². The van der Waals surface area contributed by atoms with Gasteiger partial charge in [-0.25, -0.2) is 0 Å². The fourth-order valence-electron chi connectivity index (χ4n) is 5.94. The quantitative estimate of drug-likeness (QED) is 0.0916. The zero-order chi connectivity index (χ0) is 34.6. The highest BCUT2D eigenvalue weighted by Gasteiger charge is 2.48. The minimum Gasteiger partial charge on any atom is -0.327 e. The first kappa shape index (κ1) is 37.6. The van der Waals surface area contributed by atoms with E-state index in [-0.39, 0.29) is 22.4 Å². The summed E-state index contributed by atoms with van der Waals surface area (Å²) in [5, 5.41) is 0. The number of rotatable bonds is 9. The van der Waals surface area contributed by atoms with Crippen molar-refractivity contribution in [3.63, 3.8) is 0 Å². The van der Waals surface area contributed by atoms with Crippen molar-refractivity contribution in [1.82, 2.24) is 0 Å². The molecule has 0 saturated heterocycles. The zero-order valence-corrected chi connectivity index (χ0v) is 33.7. The number of fused-ring (bicyclic) bond motifs is 2. The summed E-state index contributed by atoms with van der Waals surface area (Å²) >= 11 is 7.11. The van der Waals surface area contributed by atoms with Crippen LogP contribution < -0.4 is 4.90 Å². The molecule has 1 unspecified atom stereocenters. The Morgan fingerprint density at radius 2 is 1.46 bits per heavy atom. The van der Waals surface area contributed by atoms with Crippen molar-refractivity contribution in [3.8, 4) is 0 Å². The van der Waals surface area contributed by atoms with Gasteiger partial charge in [0.15, 0.2) is 11.6 Å². The van der Waals surface area contributed by atoms with E-state index in [2.05, 4.69) is 92.3 Å². The molecule has 2 heterocycles. The van der Waals surface area contributed by atoms with Gasteiger partial charge in [0.25, 0.3) is 30.4 Å². The molecule has 17 heteroatoms. The van der Waals surface area contributed by atoms with E-state index in [0.29, 0.717) is 0 Å². The Bertz CT molecular complexity index is 2120. The molecule has 46 heavy (non-hydrogen) atoms. The topological polar surface area (TPSA) is 169 Å². The van der Waals surface area contributed by atoms with Crippen LogP contribution in [0.3, 0.4) is 0 Å². The number of hydrogen-bond acceptors (Lipinski definition) is 7. The van der Waals surface area contributed by atoms with E-state index in [1.54, 1.807) is 18.2 Å². The lowest BCUT2D eigenvalue weighted by Crippen LogP contribution is -2.36. The van der Waals surface area contributed by atoms with E-state index >= 15 is 0 Å². The third-order valence-electron chi connectivity index (χ3n) is 7.85. The Hall–Kier alpha value is -1.21. The van der Waals surface area contributed by atoms with Crippen LogP contribution in [-0.4, -0.2) is 67.9 Å². The second-order valence-electron chi connectivity index (χ2n) is 11.5. The van der Waals surface area contributed by atoms with Crippen molar-refractivity contribution in [1.29, 1.82) is 0 Å². The largest absolute Gasteiger partial charge is 0.327 e. The molecule has 0 amide bonds. The van der Waals surface area contributed by atoms with Crippen LogP contribution in [0.4, 0.5) is 11.4 Å². The van der Waals surface area contributed by atoms with Crippen LogP contribution in [0.25, 0.3) is 0 Å². The normalized spacial score (nSPS) is 21.0. The Morgan fingerprint density at radius 3 is 2.04 bits per heavy atom. The molecule has 0 aliphatic carbocycles. The molecule has 0 radical (unpaired) electrons. The maximum absolute atomic E-state index is 12.1. The van der Waals surface area contributed by atoms with Gasteiger partial charge in [0.1, 0.15) is 7.05 Å². The van der Waals surface area contributed by atoms with Crippen LogP contribution in [0.1, 0.15) is 31.9 Å². The first-order valence-corrected chi connectivity index (χ1v) is 21.2. The molecule has 0 saturated carbocycles. The van der Waals surface area contributed by atoms with Crippen molar-refractivity contribution in [3.05, 3.63) is 94.3 Å². The van der Waals surface area contributed by atoms with Crippen LogP contribution in [0, 0.1) is 10.7 Å². The van der Waals surface area contributed by atoms with Crippen molar-refractivity contribution in [2.75, 3.05) is 23.6 Å². The van der Waals surface area contributed by atoms with Gasteiger partial charge in [0.05, 0.1) is 27.0 Å². The second-order valence-corrected chi connectivity index (χ2v) is 19.1. The predicted molar refractivity (Wildman–Crippen MR) is 203 cm³/mol. The third kappa shape index (κ3) is 7.66. The summed E-state index contributed by atoms with van der Waals surface area (Å²) < 4.78 is 107. The number of nitrogens with zero attached hydrogens (tertiary/aromatic N) is 2. The molecule has 248 valence electrons. The van der Waals surface area contributed by atoms with Gasteiger partial charge in [-0.1, -0.05) is 30.4 Å². The molecular weight excluding hydrogens is 997 g/mol. The lowest BCUT2D eigenvalue weighted by Gasteiger charge is -2.28. The van der Waals surface area contributed by atoms with Crippen LogP contribution in [0.2, 0.25) is 0 Å². The zero-order valence-electron chi connectivity index (χ0n) is 24.8. The molecule has 11 nitrogen and oxygen atoms in total. The molecule has 0 spiro atoms. The summed E-state index contributed by atoms with van der Waals surface area (Å²) in [6, 6.07) is 5.42. The van der Waals surface area contributed by atoms with Crippen LogP contribution >= 0.6 is 67.8 Å². The van der Waals surface area contributed by atoms with Crippen molar-refractivity contribution >= 4 is 115 Å². The summed E-state index contributed by atoms with van der Waals surface area (Å²) in [6.45, 7) is 5.74. The van der Waals surface area contributed by atoms with E-state index in [0.717, 1.165) is 28.4 Å². The molecule has 0 fully saturated rings. The summed E-state index contributed by atoms with van der Waals surface area (Å²) in [5.74, 6) is -1.92. The molecule has 2 aromatic rings. The summed E-state index contributed by atoms with van der Waals surface area (Å²) in [7, 11) is -12.0. The first-order chi connectivity index (χ1) is 21.0. The van der Waals surface area contributed by atoms with E-state index < -0.39 is 52.3 Å². The second kappa shape index (κ2) is 13.2. The number of benzene rings is 2. The van der Waals surface area contributed by atoms with Crippen LogP contribution in [0.15, 0.2) is 77.4 Å². The monoisotopic (exact) mass is 1030 g/mol. The van der Waals surface area contributed by atoms with Gasteiger partial charge in [-0.15, -0.1) is 0 Å². The average molecular weight is 1030 g/mol. The fourth-order valence-corrected chi connectivity index (χ4v) is 10.8.